The number of carbonyl (C=O) groups is 1. The summed E-state index contributed by atoms with van der Waals surface area (Å²) < 4.78 is 17.8. The minimum absolute atomic E-state index is 0.0507. The number of nitrogens with zero attached hydrogens (tertiary/aromatic N) is 4. The highest BCUT2D eigenvalue weighted by Gasteiger charge is 2.21. The molecule has 0 bridgehead atoms. The summed E-state index contributed by atoms with van der Waals surface area (Å²) in [6, 6.07) is 13.8. The van der Waals surface area contributed by atoms with Crippen molar-refractivity contribution in [2.24, 2.45) is 0 Å². The molecule has 11 heteroatoms. The normalized spacial score (nSPS) is 10.7. The number of rotatable bonds is 8. The molecule has 0 radical (unpaired) electrons. The van der Waals surface area contributed by atoms with E-state index >= 15 is 0 Å². The predicted octanol–water partition coefficient (Wildman–Crippen LogP) is 4.04. The number of para-hydroxylation sites is 1. The van der Waals surface area contributed by atoms with Crippen LogP contribution in [0, 0.1) is 0 Å². The number of hydrogen-bond acceptors (Lipinski definition) is 8. The van der Waals surface area contributed by atoms with Crippen LogP contribution in [0.2, 0.25) is 5.02 Å². The van der Waals surface area contributed by atoms with Crippen LogP contribution in [-0.4, -0.2) is 44.4 Å². The van der Waals surface area contributed by atoms with Crippen molar-refractivity contribution in [3.05, 3.63) is 75.8 Å². The van der Waals surface area contributed by atoms with E-state index in [2.05, 4.69) is 20.5 Å². The molecule has 2 aromatic heterocycles. The molecule has 34 heavy (non-hydrogen) atoms. The van der Waals surface area contributed by atoms with E-state index < -0.39 is 11.5 Å². The Hall–Kier alpha value is -4.18. The molecule has 174 valence electrons. The van der Waals surface area contributed by atoms with Crippen molar-refractivity contribution in [1.82, 2.24) is 25.2 Å². The Morgan fingerprint density at radius 2 is 1.82 bits per heavy atom. The second-order valence-corrected chi connectivity index (χ2v) is 7.19. The lowest BCUT2D eigenvalue weighted by Gasteiger charge is -2.14. The number of carbonyl (C=O) groups excluding carboxylic acids is 1. The van der Waals surface area contributed by atoms with Crippen molar-refractivity contribution in [3.63, 3.8) is 0 Å². The fourth-order valence-electron chi connectivity index (χ4n) is 3.14. The van der Waals surface area contributed by atoms with Gasteiger partial charge in [0.1, 0.15) is 5.69 Å². The van der Waals surface area contributed by atoms with Crippen molar-refractivity contribution < 1.29 is 19.0 Å². The SMILES string of the molecule is CCOC(=O)c1n[nH]nc1-c1ccc(Oc2cnn(-c3ccccc3)c(=O)c2Cl)c(OCC)c1. The molecule has 1 N–H and O–H groups in total. The van der Waals surface area contributed by atoms with E-state index in [-0.39, 0.29) is 23.1 Å². The van der Waals surface area contributed by atoms with E-state index in [1.165, 1.54) is 10.9 Å². The van der Waals surface area contributed by atoms with Gasteiger partial charge in [-0.15, -0.1) is 5.10 Å². The first kappa shape index (κ1) is 23.0. The lowest BCUT2D eigenvalue weighted by atomic mass is 10.1. The van der Waals surface area contributed by atoms with Crippen molar-refractivity contribution in [2.75, 3.05) is 13.2 Å². The lowest BCUT2D eigenvalue weighted by molar-refractivity contribution is 0.0520. The molecule has 0 aliphatic carbocycles. The topological polar surface area (TPSA) is 121 Å². The minimum atomic E-state index is -0.596. The Morgan fingerprint density at radius 3 is 2.56 bits per heavy atom. The van der Waals surface area contributed by atoms with E-state index in [0.717, 1.165) is 0 Å². The lowest BCUT2D eigenvalue weighted by Crippen LogP contribution is -2.21. The molecule has 0 saturated carbocycles. The fourth-order valence-corrected chi connectivity index (χ4v) is 3.31. The summed E-state index contributed by atoms with van der Waals surface area (Å²) in [5.74, 6) is 0.121. The quantitative estimate of drug-likeness (QED) is 0.374. The number of benzene rings is 2. The first-order valence-corrected chi connectivity index (χ1v) is 10.8. The van der Waals surface area contributed by atoms with E-state index in [9.17, 15) is 9.59 Å². The van der Waals surface area contributed by atoms with Gasteiger partial charge in [-0.1, -0.05) is 29.8 Å². The van der Waals surface area contributed by atoms with Gasteiger partial charge in [0.05, 0.1) is 25.1 Å². The average Bonchev–Trinajstić information content (AvgIpc) is 3.34. The highest BCUT2D eigenvalue weighted by Crippen LogP contribution is 2.37. The molecule has 4 aromatic rings. The molecule has 0 fully saturated rings. The molecule has 0 aliphatic rings. The average molecular weight is 482 g/mol. The van der Waals surface area contributed by atoms with Crippen molar-refractivity contribution in [1.29, 1.82) is 0 Å². The number of nitrogens with one attached hydrogen (secondary N) is 1. The Morgan fingerprint density at radius 1 is 1.03 bits per heavy atom. The first-order chi connectivity index (χ1) is 16.5. The summed E-state index contributed by atoms with van der Waals surface area (Å²) in [6.45, 7) is 4.06. The molecule has 0 atom stereocenters. The van der Waals surface area contributed by atoms with E-state index in [1.54, 1.807) is 49.4 Å². The zero-order chi connectivity index (χ0) is 24.1. The molecule has 10 nitrogen and oxygen atoms in total. The van der Waals surface area contributed by atoms with Crippen LogP contribution >= 0.6 is 11.6 Å². The van der Waals surface area contributed by atoms with Gasteiger partial charge >= 0.3 is 5.97 Å². The third kappa shape index (κ3) is 4.62. The fraction of sp³-hybridized carbons (Fsp3) is 0.174. The van der Waals surface area contributed by atoms with Crippen LogP contribution in [0.4, 0.5) is 0 Å². The molecule has 0 spiro atoms. The number of esters is 1. The van der Waals surface area contributed by atoms with Gasteiger partial charge in [0, 0.05) is 5.56 Å². The van der Waals surface area contributed by atoms with Gasteiger partial charge in [0.15, 0.2) is 28.0 Å². The maximum absolute atomic E-state index is 12.7. The highest BCUT2D eigenvalue weighted by atomic mass is 35.5. The molecular formula is C23H20ClN5O5. The second kappa shape index (κ2) is 10.2. The summed E-state index contributed by atoms with van der Waals surface area (Å²) in [5.41, 5.74) is 0.953. The maximum atomic E-state index is 12.7. The third-order valence-corrected chi connectivity index (χ3v) is 4.99. The van der Waals surface area contributed by atoms with Gasteiger partial charge in [-0.05, 0) is 44.2 Å². The van der Waals surface area contributed by atoms with Crippen LogP contribution in [-0.2, 0) is 4.74 Å². The standard InChI is InChI=1S/C23H20ClN5O5/c1-3-32-17-12-14(20-21(27-28-26-20)23(31)33-4-2)10-11-16(17)34-18-13-25-29(22(30)19(18)24)15-8-6-5-7-9-15/h5-13H,3-4H2,1-2H3,(H,26,27,28). The smallest absolute Gasteiger partial charge is 0.361 e. The monoisotopic (exact) mass is 481 g/mol. The van der Waals surface area contributed by atoms with Crippen LogP contribution in [0.3, 0.4) is 0 Å². The van der Waals surface area contributed by atoms with Gasteiger partial charge in [-0.3, -0.25) is 4.79 Å². The molecule has 2 aromatic carbocycles. The zero-order valence-corrected chi connectivity index (χ0v) is 19.1. The van der Waals surface area contributed by atoms with Gasteiger partial charge in [0.2, 0.25) is 0 Å². The first-order valence-electron chi connectivity index (χ1n) is 10.4. The summed E-state index contributed by atoms with van der Waals surface area (Å²) in [4.78, 5) is 24.9. The van der Waals surface area contributed by atoms with Gasteiger partial charge < -0.3 is 14.2 Å². The molecule has 2 heterocycles. The number of H-pyrrole nitrogens is 1. The third-order valence-electron chi connectivity index (χ3n) is 4.64. The van der Waals surface area contributed by atoms with Crippen LogP contribution < -0.4 is 15.0 Å². The van der Waals surface area contributed by atoms with E-state index in [0.29, 0.717) is 35.1 Å². The number of hydrogen-bond donors (Lipinski definition) is 1. The number of aromatic nitrogens is 5. The minimum Gasteiger partial charge on any atom is -0.490 e. The van der Waals surface area contributed by atoms with Crippen LogP contribution in [0.1, 0.15) is 24.3 Å². The van der Waals surface area contributed by atoms with Crippen molar-refractivity contribution in [3.8, 4) is 34.2 Å². The maximum Gasteiger partial charge on any atom is 0.361 e. The summed E-state index contributed by atoms with van der Waals surface area (Å²) >= 11 is 6.31. The van der Waals surface area contributed by atoms with Crippen LogP contribution in [0.25, 0.3) is 16.9 Å². The second-order valence-electron chi connectivity index (χ2n) is 6.81. The summed E-state index contributed by atoms with van der Waals surface area (Å²) in [7, 11) is 0. The molecule has 0 amide bonds. The molecule has 0 unspecified atom stereocenters. The highest BCUT2D eigenvalue weighted by molar-refractivity contribution is 6.31. The predicted molar refractivity (Wildman–Crippen MR) is 124 cm³/mol. The van der Waals surface area contributed by atoms with Crippen LogP contribution in [0.15, 0.2) is 59.5 Å². The Bertz CT molecular complexity index is 1370. The zero-order valence-electron chi connectivity index (χ0n) is 18.3. The molecule has 4 rings (SSSR count). The van der Waals surface area contributed by atoms with Crippen molar-refractivity contribution in [2.45, 2.75) is 13.8 Å². The molecular weight excluding hydrogens is 462 g/mol. The van der Waals surface area contributed by atoms with Gasteiger partial charge in [0.25, 0.3) is 5.56 Å². The molecule has 0 saturated heterocycles. The Kier molecular flexibility index (Phi) is 6.88. The van der Waals surface area contributed by atoms with E-state index in [1.807, 2.05) is 13.0 Å². The van der Waals surface area contributed by atoms with Crippen molar-refractivity contribution >= 4 is 17.6 Å². The summed E-state index contributed by atoms with van der Waals surface area (Å²) in [6.07, 6.45) is 1.36. The Balaban J connectivity index is 1.67. The molecule has 0 aliphatic heterocycles. The van der Waals surface area contributed by atoms with Gasteiger partial charge in [-0.25, -0.2) is 4.79 Å². The number of halogens is 1. The van der Waals surface area contributed by atoms with E-state index in [4.69, 9.17) is 25.8 Å². The largest absolute Gasteiger partial charge is 0.490 e. The Labute approximate surface area is 199 Å². The number of ether oxygens (including phenoxy) is 3. The van der Waals surface area contributed by atoms with Crippen LogP contribution in [0.5, 0.6) is 17.2 Å². The van der Waals surface area contributed by atoms with Gasteiger partial charge in [-0.2, -0.15) is 20.1 Å². The number of aromatic amines is 1. The summed E-state index contributed by atoms with van der Waals surface area (Å²) in [5, 5.41) is 14.4.